The van der Waals surface area contributed by atoms with E-state index in [1.54, 1.807) is 6.20 Å². The molecule has 4 heteroatoms. The first kappa shape index (κ1) is 7.75. The van der Waals surface area contributed by atoms with Crippen LogP contribution in [0.3, 0.4) is 0 Å². The number of rotatable bonds is 2. The normalized spacial score (nSPS) is 10.3. The Labute approximate surface area is 67.8 Å². The summed E-state index contributed by atoms with van der Waals surface area (Å²) < 4.78 is 2.70. The molecule has 1 aromatic heterocycles. The Kier molecular flexibility index (Phi) is 2.45. The minimum atomic E-state index is 0.173. The molecule has 1 aromatic rings. The molecule has 0 bridgehead atoms. The Morgan fingerprint density at radius 3 is 2.90 bits per heavy atom. The molecule has 0 fully saturated rings. The summed E-state index contributed by atoms with van der Waals surface area (Å²) in [5.74, 6) is 0. The summed E-state index contributed by atoms with van der Waals surface area (Å²) in [7, 11) is 1.90. The molecule has 0 aliphatic rings. The van der Waals surface area contributed by atoms with Gasteiger partial charge in [0.25, 0.3) is 0 Å². The lowest BCUT2D eigenvalue weighted by molar-refractivity contribution is 0.297. The Hall–Kier alpha value is -0.350. The molecule has 0 aliphatic heterocycles. The minimum Gasteiger partial charge on any atom is -0.396 e. The van der Waals surface area contributed by atoms with Crippen molar-refractivity contribution in [2.45, 2.75) is 6.42 Å². The lowest BCUT2D eigenvalue weighted by Gasteiger charge is -1.98. The number of imidazole rings is 1. The van der Waals surface area contributed by atoms with E-state index in [0.717, 1.165) is 10.4 Å². The highest BCUT2D eigenvalue weighted by Crippen LogP contribution is 2.08. The highest BCUT2D eigenvalue weighted by molar-refractivity contribution is 9.10. The lowest BCUT2D eigenvalue weighted by Crippen LogP contribution is -1.98. The van der Waals surface area contributed by atoms with Gasteiger partial charge in [0.2, 0.25) is 0 Å². The first-order valence-corrected chi connectivity index (χ1v) is 3.82. The summed E-state index contributed by atoms with van der Waals surface area (Å²) in [6.45, 7) is 0.173. The van der Waals surface area contributed by atoms with Crippen LogP contribution < -0.4 is 0 Å². The molecule has 0 aliphatic carbocycles. The summed E-state index contributed by atoms with van der Waals surface area (Å²) in [5, 5.41) is 8.60. The van der Waals surface area contributed by atoms with Gasteiger partial charge in [-0.15, -0.1) is 0 Å². The zero-order valence-electron chi connectivity index (χ0n) is 5.71. The van der Waals surface area contributed by atoms with Crippen molar-refractivity contribution < 1.29 is 5.11 Å². The Morgan fingerprint density at radius 2 is 2.50 bits per heavy atom. The molecular formula is C6H9BrN2O. The molecule has 1 rings (SSSR count). The van der Waals surface area contributed by atoms with E-state index in [1.165, 1.54) is 0 Å². The molecule has 0 atom stereocenters. The van der Waals surface area contributed by atoms with Crippen LogP contribution in [-0.4, -0.2) is 21.3 Å². The van der Waals surface area contributed by atoms with Crippen LogP contribution in [0, 0.1) is 0 Å². The molecule has 0 aromatic carbocycles. The molecule has 56 valence electrons. The van der Waals surface area contributed by atoms with Gasteiger partial charge in [-0.2, -0.15) is 0 Å². The third-order valence-electron chi connectivity index (χ3n) is 1.40. The van der Waals surface area contributed by atoms with Crippen molar-refractivity contribution in [3.05, 3.63) is 16.6 Å². The second-order valence-electron chi connectivity index (χ2n) is 2.05. The molecule has 0 radical (unpaired) electrons. The summed E-state index contributed by atoms with van der Waals surface area (Å²) in [5.41, 5.74) is 1.04. The van der Waals surface area contributed by atoms with Gasteiger partial charge in [-0.3, -0.25) is 0 Å². The Bertz CT molecular complexity index is 222. The quantitative estimate of drug-likeness (QED) is 0.772. The Balaban J connectivity index is 2.83. The highest BCUT2D eigenvalue weighted by atomic mass is 79.9. The van der Waals surface area contributed by atoms with E-state index in [9.17, 15) is 0 Å². The van der Waals surface area contributed by atoms with Crippen molar-refractivity contribution >= 4 is 15.9 Å². The van der Waals surface area contributed by atoms with Crippen LogP contribution in [-0.2, 0) is 13.5 Å². The van der Waals surface area contributed by atoms with Crippen molar-refractivity contribution in [1.82, 2.24) is 9.55 Å². The monoisotopic (exact) mass is 204 g/mol. The fourth-order valence-electron chi connectivity index (χ4n) is 0.766. The van der Waals surface area contributed by atoms with Gasteiger partial charge in [0.15, 0.2) is 4.73 Å². The lowest BCUT2D eigenvalue weighted by atomic mass is 10.3. The van der Waals surface area contributed by atoms with Crippen molar-refractivity contribution in [2.75, 3.05) is 6.61 Å². The van der Waals surface area contributed by atoms with Gasteiger partial charge in [-0.25, -0.2) is 4.98 Å². The molecule has 0 amide bonds. The largest absolute Gasteiger partial charge is 0.396 e. The second-order valence-corrected chi connectivity index (χ2v) is 2.76. The van der Waals surface area contributed by atoms with E-state index < -0.39 is 0 Å². The van der Waals surface area contributed by atoms with Crippen LogP contribution in [0.1, 0.15) is 5.69 Å². The van der Waals surface area contributed by atoms with E-state index in [0.29, 0.717) is 6.42 Å². The molecule has 3 nitrogen and oxygen atoms in total. The second kappa shape index (κ2) is 3.16. The number of hydrogen-bond acceptors (Lipinski definition) is 2. The van der Waals surface area contributed by atoms with Gasteiger partial charge >= 0.3 is 0 Å². The number of nitrogens with zero attached hydrogens (tertiary/aromatic N) is 2. The van der Waals surface area contributed by atoms with Crippen molar-refractivity contribution in [3.8, 4) is 0 Å². The van der Waals surface area contributed by atoms with Gasteiger partial charge in [0, 0.05) is 32.0 Å². The predicted octanol–water partition coefficient (Wildman–Crippen LogP) is 0.717. The van der Waals surface area contributed by atoms with E-state index in [-0.39, 0.29) is 6.61 Å². The molecule has 1 N–H and O–H groups in total. The van der Waals surface area contributed by atoms with Gasteiger partial charge in [0.05, 0.1) is 0 Å². The molecule has 0 spiro atoms. The summed E-state index contributed by atoms with van der Waals surface area (Å²) in [4.78, 5) is 4.00. The van der Waals surface area contributed by atoms with Crippen LogP contribution in [0.4, 0.5) is 0 Å². The number of hydrogen-bond donors (Lipinski definition) is 1. The minimum absolute atomic E-state index is 0.173. The third-order valence-corrected chi connectivity index (χ3v) is 2.13. The zero-order chi connectivity index (χ0) is 7.56. The van der Waals surface area contributed by atoms with Gasteiger partial charge in [0.1, 0.15) is 0 Å². The number of aliphatic hydroxyl groups is 1. The zero-order valence-corrected chi connectivity index (χ0v) is 7.30. The van der Waals surface area contributed by atoms with Gasteiger partial charge in [-0.1, -0.05) is 0 Å². The SMILES string of the molecule is Cn1c(CCO)cnc1Br. The molecule has 0 unspecified atom stereocenters. The average Bonchev–Trinajstić information content (AvgIpc) is 2.20. The highest BCUT2D eigenvalue weighted by Gasteiger charge is 2.00. The van der Waals surface area contributed by atoms with Crippen LogP contribution in [0.15, 0.2) is 10.9 Å². The van der Waals surface area contributed by atoms with Crippen molar-refractivity contribution in [1.29, 1.82) is 0 Å². The summed E-state index contributed by atoms with van der Waals surface area (Å²) in [6.07, 6.45) is 2.41. The first-order valence-electron chi connectivity index (χ1n) is 3.02. The standard InChI is InChI=1S/C6H9BrN2O/c1-9-5(2-3-10)4-8-6(9)7/h4,10H,2-3H2,1H3. The van der Waals surface area contributed by atoms with Crippen molar-refractivity contribution in [3.63, 3.8) is 0 Å². The smallest absolute Gasteiger partial charge is 0.177 e. The molecule has 10 heavy (non-hydrogen) atoms. The van der Waals surface area contributed by atoms with E-state index in [1.807, 2.05) is 11.6 Å². The maximum Gasteiger partial charge on any atom is 0.177 e. The average molecular weight is 205 g/mol. The molecule has 0 saturated carbocycles. The van der Waals surface area contributed by atoms with Gasteiger partial charge in [-0.05, 0) is 15.9 Å². The fraction of sp³-hybridized carbons (Fsp3) is 0.500. The molecular weight excluding hydrogens is 196 g/mol. The van der Waals surface area contributed by atoms with E-state index in [2.05, 4.69) is 20.9 Å². The predicted molar refractivity (Wildman–Crippen MR) is 41.7 cm³/mol. The summed E-state index contributed by atoms with van der Waals surface area (Å²) in [6, 6.07) is 0. The van der Waals surface area contributed by atoms with Crippen LogP contribution in [0.25, 0.3) is 0 Å². The van der Waals surface area contributed by atoms with Crippen LogP contribution >= 0.6 is 15.9 Å². The molecule has 1 heterocycles. The summed E-state index contributed by atoms with van der Waals surface area (Å²) >= 11 is 3.26. The number of aliphatic hydroxyl groups excluding tert-OH is 1. The fourth-order valence-corrected chi connectivity index (χ4v) is 1.10. The van der Waals surface area contributed by atoms with Crippen LogP contribution in [0.2, 0.25) is 0 Å². The van der Waals surface area contributed by atoms with Gasteiger partial charge < -0.3 is 9.67 Å². The first-order chi connectivity index (χ1) is 4.75. The van der Waals surface area contributed by atoms with Crippen molar-refractivity contribution in [2.24, 2.45) is 7.05 Å². The number of aromatic nitrogens is 2. The molecule has 0 saturated heterocycles. The Morgan fingerprint density at radius 1 is 1.80 bits per heavy atom. The topological polar surface area (TPSA) is 38.0 Å². The van der Waals surface area contributed by atoms with Crippen LogP contribution in [0.5, 0.6) is 0 Å². The maximum absolute atomic E-state index is 8.60. The van der Waals surface area contributed by atoms with E-state index >= 15 is 0 Å². The van der Waals surface area contributed by atoms with E-state index in [4.69, 9.17) is 5.11 Å². The maximum atomic E-state index is 8.60. The third kappa shape index (κ3) is 1.38. The number of halogens is 1.